The molecule has 1 saturated heterocycles. The Hall–Kier alpha value is -0.620. The molecule has 1 atom stereocenters. The standard InChI is InChI=1S/C10H14BrN3OS/c1-10(8(15)12-2)3-4-14(6-10)9-13-7(11)5-16-9/h5H,3-4,6H2,1-2H3,(H,12,15). The Labute approximate surface area is 107 Å². The number of thiazole rings is 1. The molecule has 88 valence electrons. The normalized spacial score (nSPS) is 24.8. The summed E-state index contributed by atoms with van der Waals surface area (Å²) in [6.07, 6.45) is 0.879. The lowest BCUT2D eigenvalue weighted by Crippen LogP contribution is -2.39. The smallest absolute Gasteiger partial charge is 0.227 e. The van der Waals surface area contributed by atoms with Crippen LogP contribution >= 0.6 is 27.3 Å². The van der Waals surface area contributed by atoms with Gasteiger partial charge in [-0.25, -0.2) is 4.98 Å². The number of anilines is 1. The zero-order valence-electron chi connectivity index (χ0n) is 9.29. The molecule has 0 bridgehead atoms. The summed E-state index contributed by atoms with van der Waals surface area (Å²) in [7, 11) is 1.69. The molecule has 1 unspecified atom stereocenters. The van der Waals surface area contributed by atoms with Gasteiger partial charge in [0, 0.05) is 25.5 Å². The van der Waals surface area contributed by atoms with E-state index in [1.165, 1.54) is 0 Å². The molecule has 2 heterocycles. The molecule has 16 heavy (non-hydrogen) atoms. The highest BCUT2D eigenvalue weighted by atomic mass is 79.9. The van der Waals surface area contributed by atoms with E-state index in [2.05, 4.69) is 31.1 Å². The molecule has 0 saturated carbocycles. The van der Waals surface area contributed by atoms with Gasteiger partial charge < -0.3 is 10.2 Å². The maximum absolute atomic E-state index is 11.8. The molecule has 1 aromatic heterocycles. The van der Waals surface area contributed by atoms with Crippen molar-refractivity contribution in [1.29, 1.82) is 0 Å². The number of hydrogen-bond acceptors (Lipinski definition) is 4. The third-order valence-electron chi connectivity index (χ3n) is 2.98. The van der Waals surface area contributed by atoms with Crippen molar-refractivity contribution in [3.05, 3.63) is 9.98 Å². The maximum Gasteiger partial charge on any atom is 0.227 e. The Morgan fingerprint density at radius 3 is 3.06 bits per heavy atom. The second-order valence-corrected chi connectivity index (χ2v) is 5.91. The van der Waals surface area contributed by atoms with Crippen molar-refractivity contribution >= 4 is 38.3 Å². The number of carbonyl (C=O) groups is 1. The minimum absolute atomic E-state index is 0.116. The van der Waals surface area contributed by atoms with Gasteiger partial charge in [-0.15, -0.1) is 11.3 Å². The van der Waals surface area contributed by atoms with E-state index >= 15 is 0 Å². The largest absolute Gasteiger partial charge is 0.359 e. The number of halogens is 1. The van der Waals surface area contributed by atoms with Crippen LogP contribution in [0.25, 0.3) is 0 Å². The molecule has 1 aliphatic rings. The fraction of sp³-hybridized carbons (Fsp3) is 0.600. The van der Waals surface area contributed by atoms with Gasteiger partial charge in [-0.1, -0.05) is 0 Å². The van der Waals surface area contributed by atoms with Crippen molar-refractivity contribution in [2.75, 3.05) is 25.0 Å². The highest BCUT2D eigenvalue weighted by Crippen LogP contribution is 2.35. The van der Waals surface area contributed by atoms with Crippen LogP contribution in [-0.4, -0.2) is 31.0 Å². The van der Waals surface area contributed by atoms with E-state index in [0.29, 0.717) is 0 Å². The molecular weight excluding hydrogens is 290 g/mol. The molecule has 1 aliphatic heterocycles. The third kappa shape index (κ3) is 2.08. The Morgan fingerprint density at radius 1 is 1.75 bits per heavy atom. The Morgan fingerprint density at radius 2 is 2.50 bits per heavy atom. The zero-order valence-corrected chi connectivity index (χ0v) is 11.7. The van der Waals surface area contributed by atoms with Crippen LogP contribution in [0.2, 0.25) is 0 Å². The summed E-state index contributed by atoms with van der Waals surface area (Å²) in [6.45, 7) is 3.64. The van der Waals surface area contributed by atoms with Crippen molar-refractivity contribution in [1.82, 2.24) is 10.3 Å². The van der Waals surface area contributed by atoms with E-state index in [0.717, 1.165) is 29.2 Å². The average molecular weight is 304 g/mol. The summed E-state index contributed by atoms with van der Waals surface area (Å²) in [4.78, 5) is 18.3. The van der Waals surface area contributed by atoms with Crippen molar-refractivity contribution in [2.24, 2.45) is 5.41 Å². The molecule has 0 aromatic carbocycles. The van der Waals surface area contributed by atoms with Crippen LogP contribution in [0.1, 0.15) is 13.3 Å². The van der Waals surface area contributed by atoms with Gasteiger partial charge in [-0.05, 0) is 29.3 Å². The van der Waals surface area contributed by atoms with Crippen molar-refractivity contribution < 1.29 is 4.79 Å². The molecule has 1 aromatic rings. The van der Waals surface area contributed by atoms with E-state index < -0.39 is 0 Å². The predicted octanol–water partition coefficient (Wildman–Crippen LogP) is 1.87. The van der Waals surface area contributed by atoms with Gasteiger partial charge >= 0.3 is 0 Å². The summed E-state index contributed by atoms with van der Waals surface area (Å²) in [5, 5.41) is 5.68. The van der Waals surface area contributed by atoms with E-state index in [4.69, 9.17) is 0 Å². The molecule has 4 nitrogen and oxygen atoms in total. The van der Waals surface area contributed by atoms with E-state index in [1.807, 2.05) is 12.3 Å². The van der Waals surface area contributed by atoms with E-state index in [9.17, 15) is 4.79 Å². The van der Waals surface area contributed by atoms with Crippen LogP contribution in [0.4, 0.5) is 5.13 Å². The van der Waals surface area contributed by atoms with Gasteiger partial charge in [0.15, 0.2) is 5.13 Å². The van der Waals surface area contributed by atoms with E-state index in [-0.39, 0.29) is 11.3 Å². The molecular formula is C10H14BrN3OS. The van der Waals surface area contributed by atoms with Gasteiger partial charge in [0.25, 0.3) is 0 Å². The summed E-state index contributed by atoms with van der Waals surface area (Å²) in [5.41, 5.74) is -0.285. The van der Waals surface area contributed by atoms with Gasteiger partial charge in [0.05, 0.1) is 5.41 Å². The topological polar surface area (TPSA) is 45.2 Å². The lowest BCUT2D eigenvalue weighted by molar-refractivity contribution is -0.128. The number of rotatable bonds is 2. The van der Waals surface area contributed by atoms with Crippen LogP contribution in [0.3, 0.4) is 0 Å². The fourth-order valence-corrected chi connectivity index (χ4v) is 3.28. The number of amides is 1. The summed E-state index contributed by atoms with van der Waals surface area (Å²) in [5.74, 6) is 0.116. The predicted molar refractivity (Wildman–Crippen MR) is 68.8 cm³/mol. The molecule has 6 heteroatoms. The number of nitrogens with zero attached hydrogens (tertiary/aromatic N) is 2. The third-order valence-corrected chi connectivity index (χ3v) is 4.59. The van der Waals surface area contributed by atoms with Crippen LogP contribution in [0.5, 0.6) is 0 Å². The first-order chi connectivity index (χ1) is 7.55. The van der Waals surface area contributed by atoms with E-state index in [1.54, 1.807) is 18.4 Å². The minimum atomic E-state index is -0.285. The second-order valence-electron chi connectivity index (χ2n) is 4.26. The van der Waals surface area contributed by atoms with Crippen LogP contribution < -0.4 is 10.2 Å². The van der Waals surface area contributed by atoms with Crippen LogP contribution in [0, 0.1) is 5.41 Å². The zero-order chi connectivity index (χ0) is 11.8. The van der Waals surface area contributed by atoms with Crippen molar-refractivity contribution in [3.63, 3.8) is 0 Å². The average Bonchev–Trinajstić information content (AvgIpc) is 2.84. The summed E-state index contributed by atoms with van der Waals surface area (Å²) >= 11 is 4.95. The first kappa shape index (κ1) is 11.9. The Balaban J connectivity index is 2.11. The number of carbonyl (C=O) groups excluding carboxylic acids is 1. The molecule has 2 rings (SSSR count). The maximum atomic E-state index is 11.8. The monoisotopic (exact) mass is 303 g/mol. The Bertz CT molecular complexity index is 409. The molecule has 0 aliphatic carbocycles. The molecule has 1 fully saturated rings. The summed E-state index contributed by atoms with van der Waals surface area (Å²) in [6, 6.07) is 0. The molecule has 1 N–H and O–H groups in total. The Kier molecular flexibility index (Phi) is 3.21. The molecule has 1 amide bonds. The van der Waals surface area contributed by atoms with Crippen LogP contribution in [-0.2, 0) is 4.79 Å². The first-order valence-electron chi connectivity index (χ1n) is 5.13. The van der Waals surface area contributed by atoms with Gasteiger partial charge in [0.1, 0.15) is 4.60 Å². The second kappa shape index (κ2) is 4.33. The minimum Gasteiger partial charge on any atom is -0.359 e. The first-order valence-corrected chi connectivity index (χ1v) is 6.80. The summed E-state index contributed by atoms with van der Waals surface area (Å²) < 4.78 is 0.862. The highest BCUT2D eigenvalue weighted by molar-refractivity contribution is 9.10. The number of hydrogen-bond donors (Lipinski definition) is 1. The van der Waals surface area contributed by atoms with Gasteiger partial charge in [-0.2, -0.15) is 0 Å². The van der Waals surface area contributed by atoms with Gasteiger partial charge in [0.2, 0.25) is 5.91 Å². The number of nitrogens with one attached hydrogen (secondary N) is 1. The van der Waals surface area contributed by atoms with Crippen molar-refractivity contribution in [2.45, 2.75) is 13.3 Å². The fourth-order valence-electron chi connectivity index (χ4n) is 2.00. The molecule has 0 radical (unpaired) electrons. The number of aromatic nitrogens is 1. The quantitative estimate of drug-likeness (QED) is 0.907. The lowest BCUT2D eigenvalue weighted by atomic mass is 9.89. The van der Waals surface area contributed by atoms with Crippen molar-refractivity contribution in [3.8, 4) is 0 Å². The SMILES string of the molecule is CNC(=O)C1(C)CCN(c2nc(Br)cs2)C1. The highest BCUT2D eigenvalue weighted by Gasteiger charge is 2.40. The lowest BCUT2D eigenvalue weighted by Gasteiger charge is -2.22. The molecule has 0 spiro atoms. The van der Waals surface area contributed by atoms with Crippen LogP contribution in [0.15, 0.2) is 9.98 Å². The van der Waals surface area contributed by atoms with Gasteiger partial charge in [-0.3, -0.25) is 4.79 Å².